The van der Waals surface area contributed by atoms with E-state index in [0.29, 0.717) is 0 Å². The van der Waals surface area contributed by atoms with Crippen molar-refractivity contribution in [3.63, 3.8) is 0 Å². The molecule has 0 aromatic carbocycles. The average Bonchev–Trinajstić information content (AvgIpc) is 2.49. The van der Waals surface area contributed by atoms with Gasteiger partial charge < -0.3 is 4.57 Å². The van der Waals surface area contributed by atoms with Crippen LogP contribution in [-0.2, 0) is 6.54 Å². The van der Waals surface area contributed by atoms with Gasteiger partial charge in [0.1, 0.15) is 11.8 Å². The van der Waals surface area contributed by atoms with E-state index >= 15 is 0 Å². The van der Waals surface area contributed by atoms with Crippen molar-refractivity contribution >= 4 is 11.2 Å². The van der Waals surface area contributed by atoms with E-state index in [1.54, 1.807) is 12.7 Å². The standard InChI is InChI=1S/C8H10N4/c1-3-12-5-11-7-6(2)9-4-10-8(7)12/h4-5H,3H2,1-2H3. The topological polar surface area (TPSA) is 43.6 Å². The van der Waals surface area contributed by atoms with Crippen LogP contribution >= 0.6 is 0 Å². The number of hydrogen-bond acceptors (Lipinski definition) is 3. The van der Waals surface area contributed by atoms with Gasteiger partial charge in [-0.3, -0.25) is 0 Å². The van der Waals surface area contributed by atoms with E-state index in [9.17, 15) is 0 Å². The van der Waals surface area contributed by atoms with Gasteiger partial charge in [-0.1, -0.05) is 0 Å². The Labute approximate surface area is 70.3 Å². The highest BCUT2D eigenvalue weighted by Gasteiger charge is 2.04. The number of aromatic nitrogens is 4. The fourth-order valence-electron chi connectivity index (χ4n) is 1.23. The van der Waals surface area contributed by atoms with Crippen molar-refractivity contribution in [3.8, 4) is 0 Å². The lowest BCUT2D eigenvalue weighted by Gasteiger charge is -1.96. The smallest absolute Gasteiger partial charge is 0.163 e. The molecule has 0 aliphatic heterocycles. The van der Waals surface area contributed by atoms with Crippen LogP contribution in [-0.4, -0.2) is 19.5 Å². The zero-order valence-corrected chi connectivity index (χ0v) is 7.15. The third-order valence-electron chi connectivity index (χ3n) is 1.92. The minimum absolute atomic E-state index is 0.896. The van der Waals surface area contributed by atoms with E-state index < -0.39 is 0 Å². The van der Waals surface area contributed by atoms with E-state index in [4.69, 9.17) is 0 Å². The summed E-state index contributed by atoms with van der Waals surface area (Å²) in [4.78, 5) is 12.5. The zero-order chi connectivity index (χ0) is 8.55. The summed E-state index contributed by atoms with van der Waals surface area (Å²) in [6.07, 6.45) is 3.37. The second-order valence-corrected chi connectivity index (χ2v) is 2.66. The molecule has 0 bridgehead atoms. The predicted molar refractivity (Wildman–Crippen MR) is 45.7 cm³/mol. The first kappa shape index (κ1) is 7.21. The molecule has 0 fully saturated rings. The Morgan fingerprint density at radius 2 is 2.17 bits per heavy atom. The molecule has 0 amide bonds. The maximum atomic E-state index is 4.23. The number of aryl methyl sites for hydroxylation is 2. The van der Waals surface area contributed by atoms with Crippen LogP contribution in [0.25, 0.3) is 11.2 Å². The fraction of sp³-hybridized carbons (Fsp3) is 0.375. The number of nitrogens with zero attached hydrogens (tertiary/aromatic N) is 4. The highest BCUT2D eigenvalue weighted by Crippen LogP contribution is 2.10. The molecule has 0 unspecified atom stereocenters. The molecule has 2 aromatic rings. The van der Waals surface area contributed by atoms with Crippen LogP contribution in [0, 0.1) is 6.92 Å². The van der Waals surface area contributed by atoms with E-state index in [1.807, 2.05) is 11.5 Å². The maximum Gasteiger partial charge on any atom is 0.163 e. The third-order valence-corrected chi connectivity index (χ3v) is 1.92. The van der Waals surface area contributed by atoms with E-state index in [0.717, 1.165) is 23.4 Å². The summed E-state index contributed by atoms with van der Waals surface area (Å²) in [7, 11) is 0. The van der Waals surface area contributed by atoms with Crippen LogP contribution < -0.4 is 0 Å². The second kappa shape index (κ2) is 2.55. The van der Waals surface area contributed by atoms with Crippen molar-refractivity contribution in [2.75, 3.05) is 0 Å². The van der Waals surface area contributed by atoms with Gasteiger partial charge in [0.05, 0.1) is 12.0 Å². The lowest BCUT2D eigenvalue weighted by Crippen LogP contribution is -1.94. The minimum atomic E-state index is 0.896. The Hall–Kier alpha value is -1.45. The first-order valence-electron chi connectivity index (χ1n) is 3.95. The van der Waals surface area contributed by atoms with Crippen LogP contribution in [0.2, 0.25) is 0 Å². The molecule has 0 aliphatic rings. The Morgan fingerprint density at radius 3 is 2.92 bits per heavy atom. The number of hydrogen-bond donors (Lipinski definition) is 0. The molecule has 4 heteroatoms. The first-order chi connectivity index (χ1) is 5.83. The summed E-state index contributed by atoms with van der Waals surface area (Å²) < 4.78 is 2.00. The van der Waals surface area contributed by atoms with Crippen LogP contribution in [0.4, 0.5) is 0 Å². The zero-order valence-electron chi connectivity index (χ0n) is 7.15. The maximum absolute atomic E-state index is 4.23. The Morgan fingerprint density at radius 1 is 1.33 bits per heavy atom. The number of fused-ring (bicyclic) bond motifs is 1. The normalized spacial score (nSPS) is 10.8. The lowest BCUT2D eigenvalue weighted by molar-refractivity contribution is 0.777. The summed E-state index contributed by atoms with van der Waals surface area (Å²) in [5, 5.41) is 0. The molecule has 0 aliphatic carbocycles. The molecular formula is C8H10N4. The van der Waals surface area contributed by atoms with Crippen molar-refractivity contribution in [2.45, 2.75) is 20.4 Å². The van der Waals surface area contributed by atoms with Gasteiger partial charge in [0.15, 0.2) is 5.65 Å². The largest absolute Gasteiger partial charge is 0.315 e. The molecule has 0 N–H and O–H groups in total. The molecule has 0 saturated carbocycles. The van der Waals surface area contributed by atoms with Gasteiger partial charge >= 0.3 is 0 Å². The molecule has 4 nitrogen and oxygen atoms in total. The van der Waals surface area contributed by atoms with Gasteiger partial charge in [-0.15, -0.1) is 0 Å². The molecule has 0 saturated heterocycles. The summed E-state index contributed by atoms with van der Waals surface area (Å²) in [6.45, 7) is 4.91. The monoisotopic (exact) mass is 162 g/mol. The Kier molecular flexibility index (Phi) is 1.53. The molecule has 0 radical (unpaired) electrons. The van der Waals surface area contributed by atoms with Crippen LogP contribution in [0.1, 0.15) is 12.6 Å². The van der Waals surface area contributed by atoms with Gasteiger partial charge in [0, 0.05) is 6.54 Å². The summed E-state index contributed by atoms with van der Waals surface area (Å²) in [5.74, 6) is 0. The summed E-state index contributed by atoms with van der Waals surface area (Å²) in [6, 6.07) is 0. The molecule has 2 rings (SSSR count). The van der Waals surface area contributed by atoms with Crippen LogP contribution in [0.5, 0.6) is 0 Å². The van der Waals surface area contributed by atoms with Crippen molar-refractivity contribution in [2.24, 2.45) is 0 Å². The van der Waals surface area contributed by atoms with E-state index in [2.05, 4.69) is 21.9 Å². The van der Waals surface area contributed by atoms with E-state index in [1.165, 1.54) is 0 Å². The lowest BCUT2D eigenvalue weighted by atomic mass is 10.4. The SMILES string of the molecule is CCn1cnc2c(C)ncnc21. The Bertz CT molecular complexity index is 404. The average molecular weight is 162 g/mol. The first-order valence-corrected chi connectivity index (χ1v) is 3.95. The predicted octanol–water partition coefficient (Wildman–Crippen LogP) is 1.15. The molecule has 12 heavy (non-hydrogen) atoms. The van der Waals surface area contributed by atoms with Crippen LogP contribution in [0.3, 0.4) is 0 Å². The van der Waals surface area contributed by atoms with Gasteiger partial charge in [-0.2, -0.15) is 0 Å². The van der Waals surface area contributed by atoms with E-state index in [-0.39, 0.29) is 0 Å². The number of rotatable bonds is 1. The van der Waals surface area contributed by atoms with Gasteiger partial charge in [0.25, 0.3) is 0 Å². The van der Waals surface area contributed by atoms with Gasteiger partial charge in [0.2, 0.25) is 0 Å². The van der Waals surface area contributed by atoms with Gasteiger partial charge in [-0.25, -0.2) is 15.0 Å². The fourth-order valence-corrected chi connectivity index (χ4v) is 1.23. The summed E-state index contributed by atoms with van der Waals surface area (Å²) in [5.41, 5.74) is 2.76. The molecule has 2 aromatic heterocycles. The molecule has 2 heterocycles. The molecule has 62 valence electrons. The van der Waals surface area contributed by atoms with Crippen molar-refractivity contribution in [1.29, 1.82) is 0 Å². The van der Waals surface area contributed by atoms with Crippen molar-refractivity contribution in [1.82, 2.24) is 19.5 Å². The van der Waals surface area contributed by atoms with Gasteiger partial charge in [-0.05, 0) is 13.8 Å². The number of imidazole rings is 1. The molecule has 0 spiro atoms. The summed E-state index contributed by atoms with van der Waals surface area (Å²) >= 11 is 0. The second-order valence-electron chi connectivity index (χ2n) is 2.66. The minimum Gasteiger partial charge on any atom is -0.315 e. The molecule has 0 atom stereocenters. The van der Waals surface area contributed by atoms with Crippen LogP contribution in [0.15, 0.2) is 12.7 Å². The van der Waals surface area contributed by atoms with Crippen molar-refractivity contribution in [3.05, 3.63) is 18.3 Å². The quantitative estimate of drug-likeness (QED) is 0.631. The highest BCUT2D eigenvalue weighted by atomic mass is 15.1. The Balaban J connectivity index is 2.80. The highest BCUT2D eigenvalue weighted by molar-refractivity contribution is 5.72. The molecular weight excluding hydrogens is 152 g/mol. The van der Waals surface area contributed by atoms with Crippen molar-refractivity contribution < 1.29 is 0 Å². The third kappa shape index (κ3) is 0.879.